The molecule has 2 rings (SSSR count). The summed E-state index contributed by atoms with van der Waals surface area (Å²) >= 11 is 0. The first-order valence-corrected chi connectivity index (χ1v) is 26.3. The number of hydrogen-bond acceptors (Lipinski definition) is 5. The molecule has 0 saturated carbocycles. The summed E-state index contributed by atoms with van der Waals surface area (Å²) in [6.07, 6.45) is 41.0. The second kappa shape index (κ2) is 34.6. The van der Waals surface area contributed by atoms with E-state index in [1.54, 1.807) is 6.07 Å². The number of esters is 2. The average Bonchev–Trinajstić information content (AvgIpc) is 3.25. The van der Waals surface area contributed by atoms with E-state index in [0.29, 0.717) is 16.7 Å². The van der Waals surface area contributed by atoms with E-state index >= 15 is 0 Å². The molecule has 0 aromatic heterocycles. The molecule has 0 aliphatic carbocycles. The Kier molecular flexibility index (Phi) is 30.8. The minimum atomic E-state index is -1.70. The molecular formula is C57H96O5. The van der Waals surface area contributed by atoms with Crippen LogP contribution >= 0.6 is 0 Å². The van der Waals surface area contributed by atoms with Crippen LogP contribution in [0.15, 0.2) is 42.5 Å². The number of benzene rings is 2. The van der Waals surface area contributed by atoms with Gasteiger partial charge in [-0.3, -0.25) is 9.59 Å². The number of phenolic OH excluding ortho intramolecular Hbond substituents is 1. The van der Waals surface area contributed by atoms with E-state index in [1.807, 2.05) is 64.1 Å². The first kappa shape index (κ1) is 55.3. The molecule has 0 spiro atoms. The van der Waals surface area contributed by atoms with Gasteiger partial charge >= 0.3 is 11.9 Å². The van der Waals surface area contributed by atoms with Crippen molar-refractivity contribution in [3.05, 3.63) is 64.7 Å². The summed E-state index contributed by atoms with van der Waals surface area (Å²) in [4.78, 5) is 29.3. The zero-order chi connectivity index (χ0) is 45.2. The van der Waals surface area contributed by atoms with Crippen molar-refractivity contribution in [1.82, 2.24) is 0 Å². The third kappa shape index (κ3) is 23.2. The Morgan fingerprint density at radius 1 is 0.484 bits per heavy atom. The van der Waals surface area contributed by atoms with Gasteiger partial charge in [0.1, 0.15) is 5.75 Å². The highest BCUT2D eigenvalue weighted by molar-refractivity contribution is 6.07. The van der Waals surface area contributed by atoms with Gasteiger partial charge in [-0.1, -0.05) is 264 Å². The Balaban J connectivity index is 1.94. The van der Waals surface area contributed by atoms with E-state index in [2.05, 4.69) is 13.8 Å². The predicted molar refractivity (Wildman–Crippen MR) is 264 cm³/mol. The predicted octanol–water partition coefficient (Wildman–Crippen LogP) is 17.1. The largest absolute Gasteiger partial charge is 0.507 e. The standard InChI is InChI=1S/C57H96O5/c1-7-9-11-13-15-17-19-21-23-25-27-29-31-33-35-40-44-61-54(59)57(48-50-42-38-37-39-43-50,51-46-49(3)53(58)52(47-51)56(4,5)6)55(60)62-45-41-36-34-32-30-28-26-24-22-20-18-16-14-12-10-8-2/h37-39,42-43,46-47,58H,7-36,40-41,44-45,48H2,1-6H3. The van der Waals surface area contributed by atoms with Crippen LogP contribution in [0.3, 0.4) is 0 Å². The van der Waals surface area contributed by atoms with Crippen molar-refractivity contribution in [1.29, 1.82) is 0 Å². The van der Waals surface area contributed by atoms with Crippen molar-refractivity contribution in [3.8, 4) is 5.75 Å². The van der Waals surface area contributed by atoms with Crippen molar-refractivity contribution < 1.29 is 24.2 Å². The Morgan fingerprint density at radius 2 is 0.806 bits per heavy atom. The molecule has 0 bridgehead atoms. The van der Waals surface area contributed by atoms with Crippen LogP contribution in [0.4, 0.5) is 0 Å². The van der Waals surface area contributed by atoms with E-state index in [0.717, 1.165) is 44.1 Å². The average molecular weight is 861 g/mol. The quantitative estimate of drug-likeness (QED) is 0.0412. The second-order valence-corrected chi connectivity index (χ2v) is 19.9. The lowest BCUT2D eigenvalue weighted by Gasteiger charge is -2.32. The third-order valence-corrected chi connectivity index (χ3v) is 13.1. The number of aryl methyl sites for hydroxylation is 1. The molecule has 2 aromatic rings. The fourth-order valence-electron chi connectivity index (χ4n) is 8.94. The lowest BCUT2D eigenvalue weighted by molar-refractivity contribution is -0.165. The van der Waals surface area contributed by atoms with Crippen LogP contribution in [0.2, 0.25) is 0 Å². The molecule has 0 radical (unpaired) electrons. The van der Waals surface area contributed by atoms with Gasteiger partial charge in [0, 0.05) is 6.42 Å². The van der Waals surface area contributed by atoms with Gasteiger partial charge in [-0.2, -0.15) is 0 Å². The van der Waals surface area contributed by atoms with E-state index in [9.17, 15) is 14.7 Å². The van der Waals surface area contributed by atoms with Crippen LogP contribution in [-0.2, 0) is 36.3 Å². The van der Waals surface area contributed by atoms with E-state index in [1.165, 1.54) is 167 Å². The maximum absolute atomic E-state index is 14.6. The van der Waals surface area contributed by atoms with Crippen molar-refractivity contribution in [2.45, 2.75) is 264 Å². The molecule has 0 saturated heterocycles. The topological polar surface area (TPSA) is 72.8 Å². The molecule has 0 unspecified atom stereocenters. The number of hydrogen-bond donors (Lipinski definition) is 1. The van der Waals surface area contributed by atoms with Gasteiger partial charge in [-0.15, -0.1) is 0 Å². The molecule has 0 heterocycles. The Morgan fingerprint density at radius 3 is 1.13 bits per heavy atom. The third-order valence-electron chi connectivity index (χ3n) is 13.1. The zero-order valence-corrected chi connectivity index (χ0v) is 41.4. The van der Waals surface area contributed by atoms with Crippen molar-refractivity contribution in [2.24, 2.45) is 0 Å². The summed E-state index contributed by atoms with van der Waals surface area (Å²) < 4.78 is 12.2. The minimum Gasteiger partial charge on any atom is -0.507 e. The highest BCUT2D eigenvalue weighted by Gasteiger charge is 2.51. The fourth-order valence-corrected chi connectivity index (χ4v) is 8.94. The first-order chi connectivity index (χ1) is 30.1. The molecule has 0 atom stereocenters. The molecule has 0 aliphatic rings. The summed E-state index contributed by atoms with van der Waals surface area (Å²) in [6, 6.07) is 13.4. The summed E-state index contributed by atoms with van der Waals surface area (Å²) in [7, 11) is 0. The number of carbonyl (C=O) groups is 2. The van der Waals surface area contributed by atoms with E-state index < -0.39 is 22.8 Å². The summed E-state index contributed by atoms with van der Waals surface area (Å²) in [5.41, 5.74) is 0.578. The molecule has 0 aliphatic heterocycles. The molecule has 62 heavy (non-hydrogen) atoms. The molecular weight excluding hydrogens is 765 g/mol. The molecule has 0 amide bonds. The van der Waals surface area contributed by atoms with E-state index in [4.69, 9.17) is 9.47 Å². The van der Waals surface area contributed by atoms with E-state index in [-0.39, 0.29) is 25.4 Å². The van der Waals surface area contributed by atoms with Crippen LogP contribution < -0.4 is 0 Å². The summed E-state index contributed by atoms with van der Waals surface area (Å²) in [5.74, 6) is -0.939. The number of aromatic hydroxyl groups is 1. The van der Waals surface area contributed by atoms with Crippen LogP contribution in [0.1, 0.15) is 262 Å². The molecule has 1 N–H and O–H groups in total. The summed E-state index contributed by atoms with van der Waals surface area (Å²) in [5, 5.41) is 11.2. The van der Waals surface area contributed by atoms with Crippen LogP contribution in [-0.4, -0.2) is 30.3 Å². The normalized spacial score (nSPS) is 11.9. The minimum absolute atomic E-state index is 0.122. The molecule has 354 valence electrons. The van der Waals surface area contributed by atoms with Crippen molar-refractivity contribution in [2.75, 3.05) is 13.2 Å². The Labute approximate surface area is 382 Å². The lowest BCUT2D eigenvalue weighted by atomic mass is 9.72. The highest BCUT2D eigenvalue weighted by atomic mass is 16.6. The Bertz CT molecular complexity index is 1360. The smallest absolute Gasteiger partial charge is 0.328 e. The van der Waals surface area contributed by atoms with Crippen molar-refractivity contribution in [3.63, 3.8) is 0 Å². The number of rotatable bonds is 39. The molecule has 0 fully saturated rings. The van der Waals surface area contributed by atoms with Crippen molar-refractivity contribution >= 4 is 11.9 Å². The van der Waals surface area contributed by atoms with Gasteiger partial charge in [0.05, 0.1) is 13.2 Å². The second-order valence-electron chi connectivity index (χ2n) is 19.9. The van der Waals surface area contributed by atoms with Crippen LogP contribution in [0.5, 0.6) is 5.75 Å². The van der Waals surface area contributed by atoms with Gasteiger partial charge in [-0.05, 0) is 53.5 Å². The number of unbranched alkanes of at least 4 members (excludes halogenated alkanes) is 30. The number of ether oxygens (including phenoxy) is 2. The van der Waals surface area contributed by atoms with Crippen LogP contribution in [0, 0.1) is 6.92 Å². The maximum Gasteiger partial charge on any atom is 0.328 e. The SMILES string of the molecule is CCCCCCCCCCCCCCCCCCOC(=O)C(Cc1ccccc1)(C(=O)OCCCCCCCCCCCCCCCCCC)c1cc(C)c(O)c(C(C)(C)C)c1. The van der Waals surface area contributed by atoms with Gasteiger partial charge in [0.25, 0.3) is 0 Å². The maximum atomic E-state index is 14.6. The Hall–Kier alpha value is -2.82. The van der Waals surface area contributed by atoms with Gasteiger partial charge in [0.2, 0.25) is 0 Å². The monoisotopic (exact) mass is 861 g/mol. The van der Waals surface area contributed by atoms with Gasteiger partial charge in [-0.25, -0.2) is 0 Å². The zero-order valence-electron chi connectivity index (χ0n) is 41.4. The fraction of sp³-hybridized carbons (Fsp3) is 0.754. The summed E-state index contributed by atoms with van der Waals surface area (Å²) in [6.45, 7) is 13.0. The van der Waals surface area contributed by atoms with Crippen LogP contribution in [0.25, 0.3) is 0 Å². The molecule has 2 aromatic carbocycles. The lowest BCUT2D eigenvalue weighted by Crippen LogP contribution is -2.48. The van der Waals surface area contributed by atoms with Gasteiger partial charge in [0.15, 0.2) is 5.41 Å². The highest BCUT2D eigenvalue weighted by Crippen LogP contribution is 2.40. The number of carbonyl (C=O) groups excluding carboxylic acids is 2. The first-order valence-electron chi connectivity index (χ1n) is 26.3. The molecule has 5 nitrogen and oxygen atoms in total. The van der Waals surface area contributed by atoms with Gasteiger partial charge < -0.3 is 14.6 Å². The number of phenols is 1. The molecule has 5 heteroatoms.